The van der Waals surface area contributed by atoms with Crippen LogP contribution in [0.25, 0.3) is 0 Å². The molecule has 1 unspecified atom stereocenters. The third-order valence-electron chi connectivity index (χ3n) is 2.69. The predicted molar refractivity (Wildman–Crippen MR) is 70.1 cm³/mol. The number of hydrogen-bond acceptors (Lipinski definition) is 4. The van der Waals surface area contributed by atoms with Gasteiger partial charge in [0.05, 0.1) is 24.6 Å². The third-order valence-corrected chi connectivity index (χ3v) is 4.05. The Morgan fingerprint density at radius 1 is 1.50 bits per heavy atom. The number of nitrogens with zero attached hydrogens (tertiary/aromatic N) is 2. The van der Waals surface area contributed by atoms with Crippen molar-refractivity contribution < 1.29 is 13.2 Å². The highest BCUT2D eigenvalue weighted by Gasteiger charge is 2.21. The largest absolute Gasteiger partial charge is 0.372 e. The summed E-state index contributed by atoms with van der Waals surface area (Å²) in [4.78, 5) is 0.0425. The first-order valence-electron chi connectivity index (χ1n) is 6.01. The van der Waals surface area contributed by atoms with E-state index in [0.717, 1.165) is 12.8 Å². The van der Waals surface area contributed by atoms with Gasteiger partial charge in [-0.05, 0) is 19.8 Å². The molecule has 0 radical (unpaired) electrons. The van der Waals surface area contributed by atoms with E-state index in [-0.39, 0.29) is 17.6 Å². The molecule has 0 saturated heterocycles. The molecule has 0 aliphatic heterocycles. The molecule has 1 aromatic heterocycles. The standard InChI is InChI=1S/C11H19ClN2O3S/c1-4-6-14-10(8-17-9(3)5-2)11(7-13-14)18(12,15)16/h7,9H,4-6,8H2,1-3H3. The molecule has 1 rings (SSSR count). The van der Waals surface area contributed by atoms with Gasteiger partial charge in [0.15, 0.2) is 0 Å². The smallest absolute Gasteiger partial charge is 0.264 e. The molecule has 104 valence electrons. The van der Waals surface area contributed by atoms with Crippen LogP contribution < -0.4 is 0 Å². The van der Waals surface area contributed by atoms with Crippen LogP contribution >= 0.6 is 10.7 Å². The fourth-order valence-electron chi connectivity index (χ4n) is 1.49. The summed E-state index contributed by atoms with van der Waals surface area (Å²) in [6.45, 7) is 6.79. The van der Waals surface area contributed by atoms with E-state index in [4.69, 9.17) is 15.4 Å². The summed E-state index contributed by atoms with van der Waals surface area (Å²) in [5.74, 6) is 0. The van der Waals surface area contributed by atoms with Gasteiger partial charge in [0.1, 0.15) is 4.90 Å². The molecular formula is C11H19ClN2O3S. The zero-order valence-corrected chi connectivity index (χ0v) is 12.5. The van der Waals surface area contributed by atoms with Gasteiger partial charge < -0.3 is 4.74 Å². The molecule has 0 aliphatic rings. The second kappa shape index (κ2) is 6.54. The second-order valence-electron chi connectivity index (χ2n) is 4.15. The first-order chi connectivity index (χ1) is 8.40. The molecule has 0 N–H and O–H groups in total. The van der Waals surface area contributed by atoms with E-state index in [1.807, 2.05) is 20.8 Å². The van der Waals surface area contributed by atoms with Crippen molar-refractivity contribution in [2.75, 3.05) is 0 Å². The number of aromatic nitrogens is 2. The minimum absolute atomic E-state index is 0.0425. The molecule has 5 nitrogen and oxygen atoms in total. The van der Waals surface area contributed by atoms with Crippen LogP contribution in [0.15, 0.2) is 11.1 Å². The maximum absolute atomic E-state index is 11.4. The molecule has 0 amide bonds. The molecule has 0 bridgehead atoms. The lowest BCUT2D eigenvalue weighted by molar-refractivity contribution is 0.0453. The first-order valence-corrected chi connectivity index (χ1v) is 8.32. The van der Waals surface area contributed by atoms with Crippen molar-refractivity contribution in [3.05, 3.63) is 11.9 Å². The highest BCUT2D eigenvalue weighted by Crippen LogP contribution is 2.21. The van der Waals surface area contributed by atoms with Crippen LogP contribution in [0.1, 0.15) is 39.3 Å². The minimum Gasteiger partial charge on any atom is -0.372 e. The van der Waals surface area contributed by atoms with Crippen molar-refractivity contribution in [3.63, 3.8) is 0 Å². The molecule has 0 fully saturated rings. The van der Waals surface area contributed by atoms with Gasteiger partial charge in [0, 0.05) is 17.2 Å². The van der Waals surface area contributed by atoms with Crippen molar-refractivity contribution in [2.24, 2.45) is 0 Å². The molecule has 1 atom stereocenters. The van der Waals surface area contributed by atoms with Crippen LogP contribution in [0.3, 0.4) is 0 Å². The number of rotatable bonds is 7. The van der Waals surface area contributed by atoms with Gasteiger partial charge in [-0.25, -0.2) is 8.42 Å². The average Bonchev–Trinajstić information content (AvgIpc) is 2.69. The van der Waals surface area contributed by atoms with Crippen LogP contribution in [0.5, 0.6) is 0 Å². The monoisotopic (exact) mass is 294 g/mol. The van der Waals surface area contributed by atoms with Crippen LogP contribution in [-0.4, -0.2) is 24.3 Å². The van der Waals surface area contributed by atoms with E-state index in [2.05, 4.69) is 5.10 Å². The number of hydrogen-bond donors (Lipinski definition) is 0. The summed E-state index contributed by atoms with van der Waals surface area (Å²) >= 11 is 0. The Morgan fingerprint density at radius 3 is 2.67 bits per heavy atom. The Balaban J connectivity index is 3.00. The summed E-state index contributed by atoms with van der Waals surface area (Å²) in [6, 6.07) is 0. The van der Waals surface area contributed by atoms with Crippen LogP contribution in [-0.2, 0) is 26.9 Å². The van der Waals surface area contributed by atoms with Crippen molar-refractivity contribution in [1.82, 2.24) is 9.78 Å². The molecule has 18 heavy (non-hydrogen) atoms. The quantitative estimate of drug-likeness (QED) is 0.725. The lowest BCUT2D eigenvalue weighted by Crippen LogP contribution is -2.12. The van der Waals surface area contributed by atoms with E-state index < -0.39 is 9.05 Å². The highest BCUT2D eigenvalue weighted by molar-refractivity contribution is 8.13. The SMILES string of the molecule is CCCn1ncc(S(=O)(=O)Cl)c1COC(C)CC. The molecular weight excluding hydrogens is 276 g/mol. The van der Waals surface area contributed by atoms with Gasteiger partial charge in [-0.3, -0.25) is 4.68 Å². The van der Waals surface area contributed by atoms with Crippen molar-refractivity contribution >= 4 is 19.7 Å². The zero-order valence-electron chi connectivity index (χ0n) is 10.9. The van der Waals surface area contributed by atoms with Gasteiger partial charge >= 0.3 is 0 Å². The van der Waals surface area contributed by atoms with Gasteiger partial charge in [-0.1, -0.05) is 13.8 Å². The topological polar surface area (TPSA) is 61.2 Å². The highest BCUT2D eigenvalue weighted by atomic mass is 35.7. The summed E-state index contributed by atoms with van der Waals surface area (Å²) < 4.78 is 30.1. The Hall–Kier alpha value is -0.590. The molecule has 0 saturated carbocycles. The Kier molecular flexibility index (Phi) is 5.62. The van der Waals surface area contributed by atoms with E-state index in [0.29, 0.717) is 12.2 Å². The van der Waals surface area contributed by atoms with Crippen LogP contribution in [0, 0.1) is 0 Å². The molecule has 0 aromatic carbocycles. The summed E-state index contributed by atoms with van der Waals surface area (Å²) in [7, 11) is 1.61. The summed E-state index contributed by atoms with van der Waals surface area (Å²) in [5, 5.41) is 4.05. The Morgan fingerprint density at radius 2 is 2.17 bits per heavy atom. The van der Waals surface area contributed by atoms with E-state index in [1.165, 1.54) is 6.20 Å². The molecule has 1 aromatic rings. The molecule has 0 aliphatic carbocycles. The first kappa shape index (κ1) is 15.5. The van der Waals surface area contributed by atoms with E-state index in [1.54, 1.807) is 4.68 Å². The summed E-state index contributed by atoms with van der Waals surface area (Å²) in [5.41, 5.74) is 0.521. The lowest BCUT2D eigenvalue weighted by Gasteiger charge is -2.12. The Labute approximate surface area is 113 Å². The summed E-state index contributed by atoms with van der Waals surface area (Å²) in [6.07, 6.45) is 3.08. The number of halogens is 1. The van der Waals surface area contributed by atoms with Crippen molar-refractivity contribution in [3.8, 4) is 0 Å². The molecule has 1 heterocycles. The lowest BCUT2D eigenvalue weighted by atomic mass is 10.3. The average molecular weight is 295 g/mol. The van der Waals surface area contributed by atoms with Crippen molar-refractivity contribution in [2.45, 2.75) is 57.8 Å². The third kappa shape index (κ3) is 3.96. The van der Waals surface area contributed by atoms with E-state index in [9.17, 15) is 8.42 Å². The Bertz CT molecular complexity index is 484. The minimum atomic E-state index is -3.78. The number of aryl methyl sites for hydroxylation is 1. The zero-order chi connectivity index (χ0) is 13.8. The van der Waals surface area contributed by atoms with Crippen LogP contribution in [0.2, 0.25) is 0 Å². The fourth-order valence-corrected chi connectivity index (χ4v) is 2.49. The van der Waals surface area contributed by atoms with Gasteiger partial charge in [0.25, 0.3) is 9.05 Å². The van der Waals surface area contributed by atoms with Gasteiger partial charge in [-0.15, -0.1) is 0 Å². The van der Waals surface area contributed by atoms with Gasteiger partial charge in [0.2, 0.25) is 0 Å². The van der Waals surface area contributed by atoms with Crippen molar-refractivity contribution in [1.29, 1.82) is 0 Å². The van der Waals surface area contributed by atoms with Crippen LogP contribution in [0.4, 0.5) is 0 Å². The molecule has 7 heteroatoms. The number of ether oxygens (including phenoxy) is 1. The molecule has 0 spiro atoms. The van der Waals surface area contributed by atoms with E-state index >= 15 is 0 Å². The van der Waals surface area contributed by atoms with Gasteiger partial charge in [-0.2, -0.15) is 5.10 Å². The maximum atomic E-state index is 11.4. The fraction of sp³-hybridized carbons (Fsp3) is 0.727. The normalized spacial score (nSPS) is 13.8. The predicted octanol–water partition coefficient (Wildman–Crippen LogP) is 2.54. The second-order valence-corrected chi connectivity index (χ2v) is 6.68. The maximum Gasteiger partial charge on any atom is 0.264 e.